The van der Waals surface area contributed by atoms with Gasteiger partial charge in [-0.2, -0.15) is 15.1 Å². The van der Waals surface area contributed by atoms with E-state index < -0.39 is 11.4 Å². The molecule has 1 N–H and O–H groups in total. The van der Waals surface area contributed by atoms with E-state index >= 15 is 4.39 Å². The van der Waals surface area contributed by atoms with Crippen LogP contribution in [0.15, 0.2) is 42.6 Å². The summed E-state index contributed by atoms with van der Waals surface area (Å²) in [7, 11) is 1.59. The van der Waals surface area contributed by atoms with Crippen LogP contribution in [0.3, 0.4) is 0 Å². The van der Waals surface area contributed by atoms with Crippen LogP contribution in [0.2, 0.25) is 5.02 Å². The molecule has 4 heterocycles. The first-order chi connectivity index (χ1) is 24.5. The Hall–Kier alpha value is -5.12. The number of carbonyl (C=O) groups excluding carboxylic acids is 1. The van der Waals surface area contributed by atoms with E-state index in [4.69, 9.17) is 46.9 Å². The molecular weight excluding hydrogens is 675 g/mol. The number of nitrogens with one attached hydrogen (secondary N) is 1. The van der Waals surface area contributed by atoms with E-state index in [0.29, 0.717) is 74.8 Å². The van der Waals surface area contributed by atoms with E-state index in [1.807, 2.05) is 45.0 Å². The van der Waals surface area contributed by atoms with Gasteiger partial charge in [0.2, 0.25) is 0 Å². The second-order valence-corrected chi connectivity index (χ2v) is 14.2. The summed E-state index contributed by atoms with van der Waals surface area (Å²) in [6, 6.07) is 10.7. The fraction of sp³-hybridized carbons (Fsp3) is 0.368. The smallest absolute Gasteiger partial charge is 0.410 e. The number of H-pyrrole nitrogens is 1. The first-order valence-corrected chi connectivity index (χ1v) is 17.1. The number of halogens is 2. The number of aromatic amines is 1. The summed E-state index contributed by atoms with van der Waals surface area (Å²) < 4.78 is 39.1. The number of terminal acetylenes is 1. The quantitative estimate of drug-likeness (QED) is 0.127. The molecule has 2 aromatic heterocycles. The molecule has 2 fully saturated rings. The Balaban J connectivity index is 1.39. The first kappa shape index (κ1) is 34.3. The Bertz CT molecular complexity index is 2180. The first-order valence-electron chi connectivity index (χ1n) is 16.7. The summed E-state index contributed by atoms with van der Waals surface area (Å²) in [6.45, 7) is 8.91. The minimum atomic E-state index is -0.605. The van der Waals surface area contributed by atoms with Crippen LogP contribution in [0, 0.1) is 25.1 Å². The van der Waals surface area contributed by atoms with Gasteiger partial charge in [0.15, 0.2) is 5.75 Å². The fourth-order valence-corrected chi connectivity index (χ4v) is 7.14. The van der Waals surface area contributed by atoms with Crippen LogP contribution in [0.1, 0.15) is 43.9 Å². The van der Waals surface area contributed by atoms with Crippen molar-refractivity contribution in [2.75, 3.05) is 38.3 Å². The number of hydrogen-bond donors (Lipinski definition) is 1. The van der Waals surface area contributed by atoms with E-state index in [1.165, 1.54) is 6.07 Å². The lowest BCUT2D eigenvalue weighted by Crippen LogP contribution is -2.50. The van der Waals surface area contributed by atoms with E-state index in [1.54, 1.807) is 31.2 Å². The van der Waals surface area contributed by atoms with E-state index in [2.05, 4.69) is 21.0 Å². The van der Waals surface area contributed by atoms with Crippen LogP contribution in [0.5, 0.6) is 11.8 Å². The maximum atomic E-state index is 15.5. The second-order valence-electron chi connectivity index (χ2n) is 13.8. The molecule has 0 spiro atoms. The van der Waals surface area contributed by atoms with Gasteiger partial charge < -0.3 is 28.7 Å². The molecule has 2 aliphatic heterocycles. The number of rotatable bonds is 9. The third kappa shape index (κ3) is 6.59. The number of aromatic nitrogens is 4. The predicted molar refractivity (Wildman–Crippen MR) is 193 cm³/mol. The number of benzene rings is 3. The number of nitrogens with zero attached hydrogens (tertiary/aromatic N) is 5. The second kappa shape index (κ2) is 13.5. The maximum Gasteiger partial charge on any atom is 0.410 e. The van der Waals surface area contributed by atoms with Crippen molar-refractivity contribution in [1.29, 1.82) is 0 Å². The van der Waals surface area contributed by atoms with Crippen LogP contribution >= 0.6 is 11.6 Å². The molecule has 13 heteroatoms. The van der Waals surface area contributed by atoms with Crippen LogP contribution in [-0.2, 0) is 16.1 Å². The molecule has 3 aromatic carbocycles. The topological polar surface area (TPSA) is 115 Å². The largest absolute Gasteiger partial charge is 0.486 e. The van der Waals surface area contributed by atoms with Crippen molar-refractivity contribution in [2.24, 2.45) is 0 Å². The average Bonchev–Trinajstić information content (AvgIpc) is 3.84. The number of hydrogen-bond acceptors (Lipinski definition) is 9. The lowest BCUT2D eigenvalue weighted by Gasteiger charge is -2.36. The van der Waals surface area contributed by atoms with Crippen LogP contribution in [-0.4, -0.2) is 82.3 Å². The van der Waals surface area contributed by atoms with Gasteiger partial charge in [-0.25, -0.2) is 9.18 Å². The number of piperazine rings is 1. The fourth-order valence-electron chi connectivity index (χ4n) is 6.85. The highest BCUT2D eigenvalue weighted by Crippen LogP contribution is 2.49. The number of amides is 1. The zero-order valence-electron chi connectivity index (χ0n) is 29.0. The molecule has 2 atom stereocenters. The van der Waals surface area contributed by atoms with E-state index in [0.717, 1.165) is 17.5 Å². The standard InChI is InChI=1S/C38H38ClFN6O5/c1-7-22-8-10-23(11-9-22)20-50-34-32(31-21(2)29(40)16-30-27(31)17-41-44-30)28(39)15-26-33(34)42-36(49-13-12-48-6)43-35(26)45-18-25-14-24(45)19-46(25)37(47)51-38(3,4)5/h1,8-11,15-17,24-25H,12-14,18-20H2,2-6H3,(H,41,44). The van der Waals surface area contributed by atoms with Crippen molar-refractivity contribution in [2.45, 2.75) is 58.4 Å². The van der Waals surface area contributed by atoms with Gasteiger partial charge in [0.1, 0.15) is 36.0 Å². The summed E-state index contributed by atoms with van der Waals surface area (Å²) >= 11 is 7.24. The van der Waals surface area contributed by atoms with Gasteiger partial charge in [0.05, 0.1) is 35.4 Å². The molecule has 5 aromatic rings. The lowest BCUT2D eigenvalue weighted by atomic mass is 9.94. The molecule has 7 rings (SSSR count). The number of methoxy groups -OCH3 is 1. The van der Waals surface area contributed by atoms with E-state index in [-0.39, 0.29) is 37.4 Å². The molecule has 51 heavy (non-hydrogen) atoms. The molecule has 11 nitrogen and oxygen atoms in total. The van der Waals surface area contributed by atoms with Crippen molar-refractivity contribution >= 4 is 45.3 Å². The van der Waals surface area contributed by atoms with Gasteiger partial charge in [-0.05, 0) is 69.5 Å². The van der Waals surface area contributed by atoms with Crippen molar-refractivity contribution in [3.05, 3.63) is 70.1 Å². The highest BCUT2D eigenvalue weighted by molar-refractivity contribution is 6.35. The number of ether oxygens (including phenoxy) is 4. The highest BCUT2D eigenvalue weighted by atomic mass is 35.5. The Morgan fingerprint density at radius 3 is 2.55 bits per heavy atom. The van der Waals surface area contributed by atoms with Crippen LogP contribution in [0.25, 0.3) is 32.9 Å². The molecule has 0 aliphatic carbocycles. The van der Waals surface area contributed by atoms with Gasteiger partial charge in [-0.15, -0.1) is 6.42 Å². The maximum absolute atomic E-state index is 15.5. The van der Waals surface area contributed by atoms with Crippen molar-refractivity contribution < 1.29 is 28.1 Å². The zero-order valence-corrected chi connectivity index (χ0v) is 29.8. The third-order valence-corrected chi connectivity index (χ3v) is 9.51. The summed E-state index contributed by atoms with van der Waals surface area (Å²) in [5.41, 5.74) is 3.28. The van der Waals surface area contributed by atoms with Crippen LogP contribution in [0.4, 0.5) is 15.0 Å². The van der Waals surface area contributed by atoms with Gasteiger partial charge in [-0.3, -0.25) is 5.10 Å². The van der Waals surface area contributed by atoms with Crippen molar-refractivity contribution in [3.63, 3.8) is 0 Å². The van der Waals surface area contributed by atoms with E-state index in [9.17, 15) is 4.79 Å². The Kier molecular flexibility index (Phi) is 9.12. The molecule has 2 bridgehead atoms. The number of carbonyl (C=O) groups is 1. The van der Waals surface area contributed by atoms with Gasteiger partial charge >= 0.3 is 12.1 Å². The highest BCUT2D eigenvalue weighted by Gasteiger charge is 2.47. The molecule has 1 amide bonds. The van der Waals surface area contributed by atoms with Gasteiger partial charge in [0, 0.05) is 47.7 Å². The van der Waals surface area contributed by atoms with Gasteiger partial charge in [0.25, 0.3) is 0 Å². The minimum absolute atomic E-state index is 0.0408. The molecule has 2 unspecified atom stereocenters. The summed E-state index contributed by atoms with van der Waals surface area (Å²) in [5, 5.41) is 8.67. The molecule has 2 saturated heterocycles. The summed E-state index contributed by atoms with van der Waals surface area (Å²) in [4.78, 5) is 26.8. The van der Waals surface area contributed by atoms with Crippen molar-refractivity contribution in [3.8, 4) is 35.2 Å². The monoisotopic (exact) mass is 712 g/mol. The lowest BCUT2D eigenvalue weighted by molar-refractivity contribution is 0.0214. The SMILES string of the molecule is C#Cc1ccc(COc2c(-c3c(C)c(F)cc4[nH]ncc34)c(Cl)cc3c(N4CC5CC4CN5C(=O)OC(C)(C)C)nc(OCCOC)nc23)cc1. The minimum Gasteiger partial charge on any atom is -0.486 e. The molecule has 264 valence electrons. The zero-order chi connectivity index (χ0) is 36.0. The van der Waals surface area contributed by atoms with Gasteiger partial charge in [-0.1, -0.05) is 29.7 Å². The predicted octanol–water partition coefficient (Wildman–Crippen LogP) is 7.06. The Morgan fingerprint density at radius 2 is 1.86 bits per heavy atom. The Morgan fingerprint density at radius 1 is 1.08 bits per heavy atom. The number of anilines is 1. The normalized spacial score (nSPS) is 17.0. The molecular formula is C38H38ClFN6O5. The van der Waals surface area contributed by atoms with Crippen LogP contribution < -0.4 is 14.4 Å². The molecule has 2 aliphatic rings. The summed E-state index contributed by atoms with van der Waals surface area (Å²) in [6.07, 6.45) is 7.64. The summed E-state index contributed by atoms with van der Waals surface area (Å²) in [5.74, 6) is 3.12. The number of fused-ring (bicyclic) bond motifs is 4. The Labute approximate surface area is 300 Å². The molecule has 0 saturated carbocycles. The number of likely N-dealkylation sites (tertiary alicyclic amines) is 1. The average molecular weight is 713 g/mol. The van der Waals surface area contributed by atoms with Crippen molar-refractivity contribution in [1.82, 2.24) is 25.1 Å². The third-order valence-electron chi connectivity index (χ3n) is 9.21. The molecule has 0 radical (unpaired) electrons.